The van der Waals surface area contributed by atoms with Gasteiger partial charge in [0, 0.05) is 12.8 Å². The second-order valence-corrected chi connectivity index (χ2v) is 21.6. The second kappa shape index (κ2) is 14.2. The molecule has 3 heterocycles. The lowest BCUT2D eigenvalue weighted by atomic mass is 9.41. The summed E-state index contributed by atoms with van der Waals surface area (Å²) < 4.78 is 37.8. The standard InChI is InChI=1S/C43H70O15/c1-20(45)54-32-28(48)22(47)18-53-36(32)57-26-10-12-43-19-42(43)14-13-39(6)33(41(8)11-9-27(58-41)38(4,5)52)21(46)16-40(39,7)25(42)15-23(34(43)37(26,2)3)55-35-31(51)30(50)29(49)24(17-44)56-35/h21-36,44,46-52H,9-19H2,1-8H3/t21-,22-,23+,24-,25+,26+,27+,28-,29-,30+,31+,32-,33-,34-,35-,36+,39-,40+,41+,42+,43-/m1/s1. The molecule has 5 aliphatic carbocycles. The molecule has 332 valence electrons. The number of aliphatic hydroxyl groups is 8. The van der Waals surface area contributed by atoms with Gasteiger partial charge in [0.05, 0.1) is 48.8 Å². The van der Waals surface area contributed by atoms with E-state index >= 15 is 0 Å². The first-order valence-electron chi connectivity index (χ1n) is 21.8. The van der Waals surface area contributed by atoms with Crippen LogP contribution in [0.4, 0.5) is 0 Å². The zero-order valence-electron chi connectivity index (χ0n) is 35.5. The van der Waals surface area contributed by atoms with E-state index in [2.05, 4.69) is 34.6 Å². The highest BCUT2D eigenvalue weighted by atomic mass is 16.7. The summed E-state index contributed by atoms with van der Waals surface area (Å²) in [4.78, 5) is 12.1. The molecule has 8 fully saturated rings. The third-order valence-electron chi connectivity index (χ3n) is 17.9. The van der Waals surface area contributed by atoms with Crippen LogP contribution in [0.3, 0.4) is 0 Å². The molecular formula is C43H70O15. The number of esters is 1. The zero-order chi connectivity index (χ0) is 42.3. The molecule has 5 saturated carbocycles. The zero-order valence-corrected chi connectivity index (χ0v) is 35.5. The van der Waals surface area contributed by atoms with Crippen molar-refractivity contribution in [2.75, 3.05) is 13.2 Å². The Balaban J connectivity index is 1.15. The predicted molar refractivity (Wildman–Crippen MR) is 203 cm³/mol. The molecule has 0 radical (unpaired) electrons. The summed E-state index contributed by atoms with van der Waals surface area (Å²) in [6.45, 7) is 15.0. The topological polar surface area (TPSA) is 234 Å². The highest BCUT2D eigenvalue weighted by molar-refractivity contribution is 5.66. The summed E-state index contributed by atoms with van der Waals surface area (Å²) in [6.07, 6.45) is -7.66. The van der Waals surface area contributed by atoms with Crippen LogP contribution in [0.2, 0.25) is 0 Å². The largest absolute Gasteiger partial charge is 0.454 e. The molecule has 0 amide bonds. The number of carbonyl (C=O) groups excluding carboxylic acids is 1. The number of ether oxygens (including phenoxy) is 6. The molecule has 3 saturated heterocycles. The first kappa shape index (κ1) is 43.6. The normalized spacial score (nSPS) is 56.1. The molecule has 58 heavy (non-hydrogen) atoms. The van der Waals surface area contributed by atoms with Gasteiger partial charge in [-0.05, 0) is 117 Å². The van der Waals surface area contributed by atoms with Gasteiger partial charge >= 0.3 is 5.97 Å². The SMILES string of the molecule is CC(=O)O[C@H]1[C@H](O[C@H]2CC[C@]34C[C@]35CC[C@]3(C)[C@H]([C@]6(C)CC[C@@H](C(C)(C)O)O6)[C@H](O)C[C@@]3(C)[C@@H]5C[C@H](O[C@@H]3O[C@H](CO)[C@@H](O)[C@H](O)[C@@H]3O)[C@@H]4C2(C)C)OC[C@@H](O)[C@H]1O. The van der Waals surface area contributed by atoms with E-state index in [0.29, 0.717) is 25.7 Å². The molecule has 2 spiro atoms. The molecule has 0 aromatic heterocycles. The van der Waals surface area contributed by atoms with Gasteiger partial charge in [0.15, 0.2) is 18.7 Å². The minimum atomic E-state index is -1.62. The number of carbonyl (C=O) groups is 1. The van der Waals surface area contributed by atoms with Crippen molar-refractivity contribution >= 4 is 5.97 Å². The van der Waals surface area contributed by atoms with Crippen molar-refractivity contribution in [1.29, 1.82) is 0 Å². The third-order valence-corrected chi connectivity index (χ3v) is 17.9. The minimum absolute atomic E-state index is 0.0829. The van der Waals surface area contributed by atoms with Gasteiger partial charge in [-0.1, -0.05) is 27.7 Å². The van der Waals surface area contributed by atoms with Gasteiger partial charge in [-0.2, -0.15) is 0 Å². The molecule has 0 unspecified atom stereocenters. The van der Waals surface area contributed by atoms with Gasteiger partial charge in [-0.25, -0.2) is 0 Å². The summed E-state index contributed by atoms with van der Waals surface area (Å²) in [5.41, 5.74) is -3.32. The van der Waals surface area contributed by atoms with Crippen LogP contribution in [0.5, 0.6) is 0 Å². The van der Waals surface area contributed by atoms with Gasteiger partial charge in [0.2, 0.25) is 0 Å². The Morgan fingerprint density at radius 2 is 1.50 bits per heavy atom. The molecule has 8 N–H and O–H groups in total. The van der Waals surface area contributed by atoms with Gasteiger partial charge in [-0.3, -0.25) is 4.79 Å². The Hall–Kier alpha value is -1.05. The molecule has 0 aromatic carbocycles. The number of fused-ring (bicyclic) bond motifs is 2. The van der Waals surface area contributed by atoms with E-state index in [-0.39, 0.29) is 52.1 Å². The fraction of sp³-hybridized carbons (Fsp3) is 0.977. The Morgan fingerprint density at radius 3 is 2.14 bits per heavy atom. The number of hydrogen-bond acceptors (Lipinski definition) is 15. The van der Waals surface area contributed by atoms with Crippen LogP contribution in [0.1, 0.15) is 113 Å². The molecular weight excluding hydrogens is 756 g/mol. The molecule has 3 aliphatic heterocycles. The molecule has 0 bridgehead atoms. The highest BCUT2D eigenvalue weighted by Crippen LogP contribution is 2.89. The first-order chi connectivity index (χ1) is 26.9. The lowest BCUT2D eigenvalue weighted by Gasteiger charge is -2.65. The Morgan fingerprint density at radius 1 is 0.793 bits per heavy atom. The van der Waals surface area contributed by atoms with E-state index in [0.717, 1.165) is 32.1 Å². The maximum absolute atomic E-state index is 12.2. The van der Waals surface area contributed by atoms with Crippen LogP contribution >= 0.6 is 0 Å². The number of rotatable bonds is 8. The Bertz CT molecular complexity index is 1570. The fourth-order valence-corrected chi connectivity index (χ4v) is 15.2. The minimum Gasteiger partial charge on any atom is -0.454 e. The maximum Gasteiger partial charge on any atom is 0.303 e. The van der Waals surface area contributed by atoms with Crippen molar-refractivity contribution in [1.82, 2.24) is 0 Å². The van der Waals surface area contributed by atoms with Crippen LogP contribution in [0.15, 0.2) is 0 Å². The average molecular weight is 827 g/mol. The van der Waals surface area contributed by atoms with Crippen molar-refractivity contribution in [3.05, 3.63) is 0 Å². The molecule has 15 nitrogen and oxygen atoms in total. The predicted octanol–water partition coefficient (Wildman–Crippen LogP) is 1.29. The smallest absolute Gasteiger partial charge is 0.303 e. The number of hydrogen-bond donors (Lipinski definition) is 8. The van der Waals surface area contributed by atoms with Crippen molar-refractivity contribution in [3.8, 4) is 0 Å². The van der Waals surface area contributed by atoms with Gasteiger partial charge in [-0.15, -0.1) is 0 Å². The van der Waals surface area contributed by atoms with Crippen molar-refractivity contribution in [3.63, 3.8) is 0 Å². The lowest BCUT2D eigenvalue weighted by molar-refractivity contribution is -0.339. The van der Waals surface area contributed by atoms with E-state index in [1.807, 2.05) is 0 Å². The fourth-order valence-electron chi connectivity index (χ4n) is 15.2. The summed E-state index contributed by atoms with van der Waals surface area (Å²) in [6, 6.07) is 0. The summed E-state index contributed by atoms with van der Waals surface area (Å²) in [5.74, 6) is -0.931. The van der Waals surface area contributed by atoms with Crippen LogP contribution < -0.4 is 0 Å². The van der Waals surface area contributed by atoms with E-state index < -0.39 is 103 Å². The third kappa shape index (κ3) is 6.17. The van der Waals surface area contributed by atoms with Gasteiger partial charge in [0.25, 0.3) is 0 Å². The van der Waals surface area contributed by atoms with Crippen LogP contribution in [0.25, 0.3) is 0 Å². The van der Waals surface area contributed by atoms with Crippen LogP contribution in [-0.4, -0.2) is 151 Å². The van der Waals surface area contributed by atoms with Crippen molar-refractivity contribution in [2.24, 2.45) is 44.8 Å². The summed E-state index contributed by atoms with van der Waals surface area (Å²) in [7, 11) is 0. The number of aliphatic hydroxyl groups excluding tert-OH is 7. The van der Waals surface area contributed by atoms with E-state index in [1.165, 1.54) is 6.92 Å². The lowest BCUT2D eigenvalue weighted by Crippen LogP contribution is -2.65. The monoisotopic (exact) mass is 826 g/mol. The quantitative estimate of drug-likeness (QED) is 0.127. The second-order valence-electron chi connectivity index (χ2n) is 21.6. The van der Waals surface area contributed by atoms with Crippen molar-refractivity contribution in [2.45, 2.75) is 204 Å². The molecule has 15 heteroatoms. The average Bonchev–Trinajstić information content (AvgIpc) is 3.50. The Labute approximate surface area is 341 Å². The summed E-state index contributed by atoms with van der Waals surface area (Å²) in [5, 5.41) is 87.3. The van der Waals surface area contributed by atoms with Crippen LogP contribution in [0, 0.1) is 44.8 Å². The van der Waals surface area contributed by atoms with E-state index in [1.54, 1.807) is 13.8 Å². The molecule has 8 rings (SSSR count). The van der Waals surface area contributed by atoms with Gasteiger partial charge < -0.3 is 69.3 Å². The molecule has 8 aliphatic rings. The van der Waals surface area contributed by atoms with E-state index in [4.69, 9.17) is 28.4 Å². The van der Waals surface area contributed by atoms with Crippen LogP contribution in [-0.2, 0) is 33.2 Å². The maximum atomic E-state index is 12.2. The van der Waals surface area contributed by atoms with Gasteiger partial charge in [0.1, 0.15) is 36.6 Å². The molecule has 0 aromatic rings. The summed E-state index contributed by atoms with van der Waals surface area (Å²) >= 11 is 0. The first-order valence-corrected chi connectivity index (χ1v) is 21.8. The highest BCUT2D eigenvalue weighted by Gasteiger charge is 2.85. The Kier molecular flexibility index (Phi) is 10.7. The van der Waals surface area contributed by atoms with E-state index in [9.17, 15) is 45.6 Å². The van der Waals surface area contributed by atoms with Crippen molar-refractivity contribution < 1.29 is 74.1 Å². The molecule has 21 atom stereocenters.